The van der Waals surface area contributed by atoms with Gasteiger partial charge in [-0.05, 0) is 42.3 Å². The number of imide groups is 1. The summed E-state index contributed by atoms with van der Waals surface area (Å²) < 4.78 is 13.4. The van der Waals surface area contributed by atoms with Crippen LogP contribution in [0.2, 0.25) is 10.0 Å². The van der Waals surface area contributed by atoms with E-state index < -0.39 is 12.0 Å². The average molecular weight is 420 g/mol. The standard InChI is InChI=1S/C20H16Cl2FN3O2/c21-12-8-13(22)10-15(9-12)26-19(27)16-17(11-2-4-14(23)5-3-11)24-6-1-7-25(24)18(16)20(26)28/h2-5,8-10,16-18H,1,6-7H2/t16-,17+,18+/m1/s1. The predicted molar refractivity (Wildman–Crippen MR) is 103 cm³/mol. The second-order valence-electron chi connectivity index (χ2n) is 7.29. The summed E-state index contributed by atoms with van der Waals surface area (Å²) in [6.07, 6.45) is 0.908. The van der Waals surface area contributed by atoms with E-state index in [-0.39, 0.29) is 23.7 Å². The van der Waals surface area contributed by atoms with Crippen molar-refractivity contribution in [2.45, 2.75) is 18.5 Å². The normalized spacial score (nSPS) is 27.5. The minimum absolute atomic E-state index is 0.273. The Kier molecular flexibility index (Phi) is 4.21. The number of hydrazine groups is 1. The Morgan fingerprint density at radius 3 is 2.11 bits per heavy atom. The van der Waals surface area contributed by atoms with Crippen molar-refractivity contribution in [3.05, 3.63) is 63.9 Å². The van der Waals surface area contributed by atoms with E-state index in [2.05, 4.69) is 5.01 Å². The molecule has 0 unspecified atom stereocenters. The third-order valence-electron chi connectivity index (χ3n) is 5.72. The third-order valence-corrected chi connectivity index (χ3v) is 6.16. The van der Waals surface area contributed by atoms with Crippen LogP contribution in [0.5, 0.6) is 0 Å². The fourth-order valence-electron chi connectivity index (χ4n) is 4.70. The van der Waals surface area contributed by atoms with Gasteiger partial charge >= 0.3 is 0 Å². The number of fused-ring (bicyclic) bond motifs is 3. The van der Waals surface area contributed by atoms with Gasteiger partial charge in [0.1, 0.15) is 11.9 Å². The molecule has 2 aromatic rings. The molecule has 3 aliphatic heterocycles. The van der Waals surface area contributed by atoms with Crippen molar-refractivity contribution in [3.63, 3.8) is 0 Å². The van der Waals surface area contributed by atoms with Gasteiger partial charge in [0.2, 0.25) is 5.91 Å². The van der Waals surface area contributed by atoms with E-state index in [1.54, 1.807) is 30.3 Å². The van der Waals surface area contributed by atoms with Crippen LogP contribution in [0.15, 0.2) is 42.5 Å². The quantitative estimate of drug-likeness (QED) is 0.696. The Labute approximate surface area is 171 Å². The fraction of sp³-hybridized carbons (Fsp3) is 0.300. The van der Waals surface area contributed by atoms with Crippen molar-refractivity contribution in [1.29, 1.82) is 0 Å². The van der Waals surface area contributed by atoms with Crippen LogP contribution >= 0.6 is 23.2 Å². The summed E-state index contributed by atoms with van der Waals surface area (Å²) in [4.78, 5) is 27.9. The molecule has 0 saturated carbocycles. The second-order valence-corrected chi connectivity index (χ2v) is 8.16. The van der Waals surface area contributed by atoms with E-state index in [4.69, 9.17) is 23.2 Å². The molecule has 5 nitrogen and oxygen atoms in total. The van der Waals surface area contributed by atoms with Crippen LogP contribution in [0.4, 0.5) is 10.1 Å². The molecule has 5 rings (SSSR count). The fourth-order valence-corrected chi connectivity index (χ4v) is 5.21. The third kappa shape index (κ3) is 2.59. The van der Waals surface area contributed by atoms with Crippen LogP contribution in [-0.4, -0.2) is 41.0 Å². The lowest BCUT2D eigenvalue weighted by Crippen LogP contribution is -2.44. The molecule has 3 fully saturated rings. The van der Waals surface area contributed by atoms with Crippen LogP contribution in [0, 0.1) is 11.7 Å². The van der Waals surface area contributed by atoms with Gasteiger partial charge in [0.15, 0.2) is 0 Å². The summed E-state index contributed by atoms with van der Waals surface area (Å²) in [5, 5.41) is 4.79. The van der Waals surface area contributed by atoms with Gasteiger partial charge in [-0.3, -0.25) is 9.59 Å². The summed E-state index contributed by atoms with van der Waals surface area (Å²) in [6.45, 7) is 1.47. The zero-order chi connectivity index (χ0) is 19.6. The first kappa shape index (κ1) is 18.1. The number of hydrogen-bond donors (Lipinski definition) is 0. The first-order valence-corrected chi connectivity index (χ1v) is 9.84. The van der Waals surface area contributed by atoms with Gasteiger partial charge in [0, 0.05) is 23.1 Å². The van der Waals surface area contributed by atoms with Gasteiger partial charge in [-0.2, -0.15) is 0 Å². The van der Waals surface area contributed by atoms with E-state index in [0.717, 1.165) is 18.5 Å². The molecule has 144 valence electrons. The van der Waals surface area contributed by atoms with Crippen LogP contribution < -0.4 is 4.90 Å². The molecule has 3 saturated heterocycles. The van der Waals surface area contributed by atoms with E-state index in [1.165, 1.54) is 17.0 Å². The molecule has 3 atom stereocenters. The van der Waals surface area contributed by atoms with Crippen LogP contribution in [0.25, 0.3) is 0 Å². The van der Waals surface area contributed by atoms with E-state index in [9.17, 15) is 14.0 Å². The topological polar surface area (TPSA) is 43.9 Å². The van der Waals surface area contributed by atoms with Gasteiger partial charge in [0.05, 0.1) is 17.6 Å². The Bertz CT molecular complexity index is 964. The zero-order valence-corrected chi connectivity index (χ0v) is 16.2. The summed E-state index contributed by atoms with van der Waals surface area (Å²) in [5.74, 6) is -1.45. The highest BCUT2D eigenvalue weighted by atomic mass is 35.5. The molecule has 2 aromatic carbocycles. The lowest BCUT2D eigenvalue weighted by Gasteiger charge is -2.29. The van der Waals surface area contributed by atoms with E-state index >= 15 is 0 Å². The smallest absolute Gasteiger partial charge is 0.253 e. The molecule has 0 spiro atoms. The molecule has 3 heterocycles. The highest BCUT2D eigenvalue weighted by molar-refractivity contribution is 6.35. The van der Waals surface area contributed by atoms with Crippen molar-refractivity contribution >= 4 is 40.7 Å². The minimum atomic E-state index is -0.567. The molecule has 0 bridgehead atoms. The SMILES string of the molecule is O=C1[C@H]2[C@@H](C(=O)N1c1cc(Cl)cc(Cl)c1)N1CCCN1[C@H]2c1ccc(F)cc1. The average Bonchev–Trinajstić information content (AvgIpc) is 3.27. The molecule has 0 radical (unpaired) electrons. The van der Waals surface area contributed by atoms with Crippen molar-refractivity contribution in [3.8, 4) is 0 Å². The number of halogens is 3. The number of nitrogens with zero attached hydrogens (tertiary/aromatic N) is 3. The first-order chi connectivity index (χ1) is 13.5. The summed E-state index contributed by atoms with van der Waals surface area (Å²) in [7, 11) is 0. The molecular weight excluding hydrogens is 404 g/mol. The van der Waals surface area contributed by atoms with Crippen LogP contribution in [-0.2, 0) is 9.59 Å². The summed E-state index contributed by atoms with van der Waals surface area (Å²) in [6, 6.07) is 9.98. The Hall–Kier alpha value is -1.99. The number of carbonyl (C=O) groups excluding carboxylic acids is 2. The largest absolute Gasteiger partial charge is 0.274 e. The molecule has 0 aromatic heterocycles. The monoisotopic (exact) mass is 419 g/mol. The number of amides is 2. The van der Waals surface area contributed by atoms with Gasteiger partial charge < -0.3 is 0 Å². The Morgan fingerprint density at radius 1 is 0.857 bits per heavy atom. The highest BCUT2D eigenvalue weighted by Gasteiger charge is 2.62. The van der Waals surface area contributed by atoms with Gasteiger partial charge in [0.25, 0.3) is 5.91 Å². The molecule has 8 heteroatoms. The van der Waals surface area contributed by atoms with Crippen molar-refractivity contribution in [2.24, 2.45) is 5.92 Å². The Balaban J connectivity index is 1.59. The molecular formula is C20H16Cl2FN3O2. The van der Waals surface area contributed by atoms with Crippen molar-refractivity contribution < 1.29 is 14.0 Å². The van der Waals surface area contributed by atoms with Gasteiger partial charge in [-0.15, -0.1) is 0 Å². The van der Waals surface area contributed by atoms with E-state index in [0.29, 0.717) is 22.3 Å². The lowest BCUT2D eigenvalue weighted by atomic mass is 9.90. The minimum Gasteiger partial charge on any atom is -0.274 e. The summed E-state index contributed by atoms with van der Waals surface area (Å²) >= 11 is 12.2. The van der Waals surface area contributed by atoms with Gasteiger partial charge in [-0.25, -0.2) is 19.3 Å². The number of benzene rings is 2. The maximum atomic E-state index is 13.4. The predicted octanol–water partition coefficient (Wildman–Crippen LogP) is 3.67. The van der Waals surface area contributed by atoms with Crippen molar-refractivity contribution in [2.75, 3.05) is 18.0 Å². The maximum absolute atomic E-state index is 13.4. The van der Waals surface area contributed by atoms with Crippen LogP contribution in [0.1, 0.15) is 18.0 Å². The van der Waals surface area contributed by atoms with E-state index in [1.807, 2.05) is 5.01 Å². The van der Waals surface area contributed by atoms with Gasteiger partial charge in [-0.1, -0.05) is 35.3 Å². The number of rotatable bonds is 2. The van der Waals surface area contributed by atoms with Crippen molar-refractivity contribution in [1.82, 2.24) is 10.0 Å². The lowest BCUT2D eigenvalue weighted by molar-refractivity contribution is -0.126. The highest BCUT2D eigenvalue weighted by Crippen LogP contribution is 2.49. The van der Waals surface area contributed by atoms with Crippen LogP contribution in [0.3, 0.4) is 0 Å². The molecule has 28 heavy (non-hydrogen) atoms. The second kappa shape index (κ2) is 6.52. The molecule has 0 N–H and O–H groups in total. The molecule has 3 aliphatic rings. The zero-order valence-electron chi connectivity index (χ0n) is 14.7. The number of hydrogen-bond acceptors (Lipinski definition) is 4. The first-order valence-electron chi connectivity index (χ1n) is 9.08. The summed E-state index contributed by atoms with van der Waals surface area (Å²) in [5.41, 5.74) is 1.21. The number of anilines is 1. The Morgan fingerprint density at radius 2 is 1.46 bits per heavy atom. The number of carbonyl (C=O) groups is 2. The molecule has 2 amide bonds. The molecule has 0 aliphatic carbocycles. The maximum Gasteiger partial charge on any atom is 0.253 e.